The molecule has 0 spiro atoms. The standard InChI is InChI=1S/C4H10N2O3/c5-4(8)3-9-6-1-2-7/h6-7H,1-3H2,(H2,5,8). The number of carbonyl (C=O) groups is 1. The Morgan fingerprint density at radius 3 is 2.89 bits per heavy atom. The van der Waals surface area contributed by atoms with E-state index in [9.17, 15) is 4.79 Å². The van der Waals surface area contributed by atoms with Gasteiger partial charge in [0.15, 0.2) is 0 Å². The number of amides is 1. The van der Waals surface area contributed by atoms with Gasteiger partial charge in [-0.15, -0.1) is 0 Å². The van der Waals surface area contributed by atoms with E-state index in [4.69, 9.17) is 10.8 Å². The maximum Gasteiger partial charge on any atom is 0.245 e. The lowest BCUT2D eigenvalue weighted by Crippen LogP contribution is -2.26. The largest absolute Gasteiger partial charge is 0.395 e. The highest BCUT2D eigenvalue weighted by Crippen LogP contribution is 1.63. The van der Waals surface area contributed by atoms with Crippen molar-refractivity contribution in [2.24, 2.45) is 5.73 Å². The maximum atomic E-state index is 9.96. The summed E-state index contributed by atoms with van der Waals surface area (Å²) < 4.78 is 0. The fourth-order valence-electron chi connectivity index (χ4n) is 0.240. The first-order valence-electron chi connectivity index (χ1n) is 2.51. The normalized spacial score (nSPS) is 9.44. The van der Waals surface area contributed by atoms with Crippen molar-refractivity contribution >= 4 is 5.91 Å². The van der Waals surface area contributed by atoms with Crippen LogP contribution in [0, 0.1) is 0 Å². The van der Waals surface area contributed by atoms with Crippen LogP contribution in [0.25, 0.3) is 0 Å². The number of carbonyl (C=O) groups excluding carboxylic acids is 1. The summed E-state index contributed by atoms with van der Waals surface area (Å²) in [5.74, 6) is -0.541. The molecule has 0 fully saturated rings. The Kier molecular flexibility index (Phi) is 5.09. The summed E-state index contributed by atoms with van der Waals surface area (Å²) in [6, 6.07) is 0. The zero-order valence-electron chi connectivity index (χ0n) is 4.96. The molecule has 0 unspecified atom stereocenters. The minimum Gasteiger partial charge on any atom is -0.395 e. The van der Waals surface area contributed by atoms with E-state index in [0.29, 0.717) is 6.54 Å². The van der Waals surface area contributed by atoms with Crippen LogP contribution in [0.5, 0.6) is 0 Å². The molecule has 0 atom stereocenters. The van der Waals surface area contributed by atoms with Crippen LogP contribution >= 0.6 is 0 Å². The van der Waals surface area contributed by atoms with Gasteiger partial charge in [-0.3, -0.25) is 9.63 Å². The second kappa shape index (κ2) is 5.49. The summed E-state index contributed by atoms with van der Waals surface area (Å²) in [6.07, 6.45) is 0. The molecule has 0 saturated heterocycles. The lowest BCUT2D eigenvalue weighted by Gasteiger charge is -1.99. The molecule has 0 radical (unpaired) electrons. The third-order valence-corrected chi connectivity index (χ3v) is 0.530. The molecule has 0 heterocycles. The molecule has 0 bridgehead atoms. The van der Waals surface area contributed by atoms with Crippen LogP contribution in [-0.2, 0) is 9.63 Å². The molecule has 5 nitrogen and oxygen atoms in total. The Labute approximate surface area is 52.7 Å². The molecular weight excluding hydrogens is 124 g/mol. The van der Waals surface area contributed by atoms with Crippen molar-refractivity contribution < 1.29 is 14.7 Å². The summed E-state index contributed by atoms with van der Waals surface area (Å²) >= 11 is 0. The highest BCUT2D eigenvalue weighted by molar-refractivity contribution is 5.74. The second-order valence-electron chi connectivity index (χ2n) is 1.37. The second-order valence-corrected chi connectivity index (χ2v) is 1.37. The van der Waals surface area contributed by atoms with E-state index in [1.807, 2.05) is 0 Å². The van der Waals surface area contributed by atoms with E-state index in [-0.39, 0.29) is 13.2 Å². The SMILES string of the molecule is NC(=O)CONCCO. The zero-order chi connectivity index (χ0) is 7.11. The number of aliphatic hydroxyl groups is 1. The summed E-state index contributed by atoms with van der Waals surface area (Å²) in [4.78, 5) is 14.4. The molecule has 0 aliphatic heterocycles. The van der Waals surface area contributed by atoms with Crippen LogP contribution < -0.4 is 11.2 Å². The molecule has 0 aromatic rings. The number of primary amides is 1. The van der Waals surface area contributed by atoms with E-state index < -0.39 is 5.91 Å². The van der Waals surface area contributed by atoms with Crippen molar-refractivity contribution in [2.75, 3.05) is 19.8 Å². The van der Waals surface area contributed by atoms with Gasteiger partial charge < -0.3 is 10.8 Å². The molecule has 0 saturated carbocycles. The Morgan fingerprint density at radius 1 is 1.78 bits per heavy atom. The summed E-state index contributed by atoms with van der Waals surface area (Å²) in [5, 5.41) is 8.17. The Morgan fingerprint density at radius 2 is 2.44 bits per heavy atom. The van der Waals surface area contributed by atoms with Crippen molar-refractivity contribution in [2.45, 2.75) is 0 Å². The first-order chi connectivity index (χ1) is 4.27. The molecule has 1 amide bonds. The average Bonchev–Trinajstić information content (AvgIpc) is 1.80. The summed E-state index contributed by atoms with van der Waals surface area (Å²) in [7, 11) is 0. The molecule has 9 heavy (non-hydrogen) atoms. The van der Waals surface area contributed by atoms with Gasteiger partial charge >= 0.3 is 0 Å². The molecule has 0 aliphatic carbocycles. The number of rotatable bonds is 5. The summed E-state index contributed by atoms with van der Waals surface area (Å²) in [5.41, 5.74) is 7.02. The number of hydrogen-bond donors (Lipinski definition) is 3. The van der Waals surface area contributed by atoms with Gasteiger partial charge in [0.05, 0.1) is 6.61 Å². The molecule has 5 heteroatoms. The fourth-order valence-corrected chi connectivity index (χ4v) is 0.240. The lowest BCUT2D eigenvalue weighted by atomic mass is 10.7. The van der Waals surface area contributed by atoms with Gasteiger partial charge in [0, 0.05) is 6.54 Å². The van der Waals surface area contributed by atoms with E-state index in [2.05, 4.69) is 10.3 Å². The van der Waals surface area contributed by atoms with Crippen LogP contribution in [0.2, 0.25) is 0 Å². The number of nitrogens with one attached hydrogen (secondary N) is 1. The lowest BCUT2D eigenvalue weighted by molar-refractivity contribution is -0.125. The molecule has 0 aromatic carbocycles. The van der Waals surface area contributed by atoms with Crippen LogP contribution in [-0.4, -0.2) is 30.8 Å². The van der Waals surface area contributed by atoms with Crippen LogP contribution in [0.3, 0.4) is 0 Å². The molecular formula is C4H10N2O3. The van der Waals surface area contributed by atoms with E-state index in [1.165, 1.54) is 0 Å². The maximum absolute atomic E-state index is 9.96. The topological polar surface area (TPSA) is 84.6 Å². The van der Waals surface area contributed by atoms with Gasteiger partial charge in [-0.25, -0.2) is 0 Å². The van der Waals surface area contributed by atoms with Gasteiger partial charge in [0.25, 0.3) is 0 Å². The van der Waals surface area contributed by atoms with E-state index >= 15 is 0 Å². The third-order valence-electron chi connectivity index (χ3n) is 0.530. The van der Waals surface area contributed by atoms with Crippen molar-refractivity contribution in [1.82, 2.24) is 5.48 Å². The first kappa shape index (κ1) is 8.35. The molecule has 4 N–H and O–H groups in total. The minimum atomic E-state index is -0.541. The van der Waals surface area contributed by atoms with Crippen molar-refractivity contribution in [3.8, 4) is 0 Å². The highest BCUT2D eigenvalue weighted by atomic mass is 16.6. The molecule has 0 aromatic heterocycles. The van der Waals surface area contributed by atoms with Gasteiger partial charge in [0.2, 0.25) is 5.91 Å². The van der Waals surface area contributed by atoms with E-state index in [1.54, 1.807) is 0 Å². The predicted molar refractivity (Wildman–Crippen MR) is 30.2 cm³/mol. The van der Waals surface area contributed by atoms with Crippen LogP contribution in [0.15, 0.2) is 0 Å². The van der Waals surface area contributed by atoms with Crippen molar-refractivity contribution in [1.29, 1.82) is 0 Å². The highest BCUT2D eigenvalue weighted by Gasteiger charge is 1.90. The zero-order valence-corrected chi connectivity index (χ0v) is 4.96. The number of hydroxylamine groups is 1. The first-order valence-corrected chi connectivity index (χ1v) is 2.51. The van der Waals surface area contributed by atoms with E-state index in [0.717, 1.165) is 0 Å². The number of hydrogen-bond acceptors (Lipinski definition) is 4. The minimum absolute atomic E-state index is 0.0290. The number of nitrogens with two attached hydrogens (primary N) is 1. The van der Waals surface area contributed by atoms with Gasteiger partial charge in [-0.05, 0) is 0 Å². The predicted octanol–water partition coefficient (Wildman–Crippen LogP) is -2.01. The quantitative estimate of drug-likeness (QED) is 0.299. The average molecular weight is 134 g/mol. The fraction of sp³-hybridized carbons (Fsp3) is 0.750. The van der Waals surface area contributed by atoms with Crippen molar-refractivity contribution in [3.63, 3.8) is 0 Å². The summed E-state index contributed by atoms with van der Waals surface area (Å²) in [6.45, 7) is 0.103. The van der Waals surface area contributed by atoms with Gasteiger partial charge in [-0.2, -0.15) is 5.48 Å². The van der Waals surface area contributed by atoms with Crippen LogP contribution in [0.4, 0.5) is 0 Å². The van der Waals surface area contributed by atoms with Crippen LogP contribution in [0.1, 0.15) is 0 Å². The Bertz CT molecular complexity index is 85.9. The molecule has 0 rings (SSSR count). The van der Waals surface area contributed by atoms with Crippen molar-refractivity contribution in [3.05, 3.63) is 0 Å². The third kappa shape index (κ3) is 7.35. The molecule has 0 aliphatic rings. The molecule has 54 valence electrons. The van der Waals surface area contributed by atoms with Gasteiger partial charge in [0.1, 0.15) is 6.61 Å². The van der Waals surface area contributed by atoms with Gasteiger partial charge in [-0.1, -0.05) is 0 Å². The Balaban J connectivity index is 2.83. The smallest absolute Gasteiger partial charge is 0.245 e. The number of aliphatic hydroxyl groups excluding tert-OH is 1. The monoisotopic (exact) mass is 134 g/mol. The Hall–Kier alpha value is -0.650.